The van der Waals surface area contributed by atoms with Crippen molar-refractivity contribution in [3.63, 3.8) is 0 Å². The maximum absolute atomic E-state index is 12.1. The molecule has 1 aromatic carbocycles. The molecule has 3 rings (SSSR count). The van der Waals surface area contributed by atoms with E-state index in [0.717, 1.165) is 51.4 Å². The topological polar surface area (TPSA) is 71.1 Å². The zero-order valence-corrected chi connectivity index (χ0v) is 17.8. The molecule has 2 aliphatic carbocycles. The maximum atomic E-state index is 12.1. The monoisotopic (exact) mass is 418 g/mol. The van der Waals surface area contributed by atoms with E-state index in [2.05, 4.69) is 0 Å². The Labute approximate surface area is 179 Å². The minimum atomic E-state index is -0.109. The van der Waals surface area contributed by atoms with Crippen molar-refractivity contribution in [3.05, 3.63) is 24.3 Å². The molecule has 0 spiro atoms. The summed E-state index contributed by atoms with van der Waals surface area (Å²) in [6.07, 6.45) is 10.6. The predicted octanol–water partition coefficient (Wildman–Crippen LogP) is 4.69. The average Bonchev–Trinajstić information content (AvgIpc) is 2.81. The number of ether oxygens (including phenoxy) is 4. The first-order chi connectivity index (χ1) is 14.7. The molecule has 0 radical (unpaired) electrons. The van der Waals surface area contributed by atoms with Gasteiger partial charge < -0.3 is 18.9 Å². The fourth-order valence-corrected chi connectivity index (χ4v) is 4.19. The smallest absolute Gasteiger partial charge is 0.309 e. The van der Waals surface area contributed by atoms with Crippen molar-refractivity contribution in [2.45, 2.75) is 64.2 Å². The van der Waals surface area contributed by atoms with E-state index < -0.39 is 0 Å². The molecule has 2 aliphatic rings. The Bertz CT molecular complexity index is 604. The van der Waals surface area contributed by atoms with Crippen LogP contribution in [0.4, 0.5) is 0 Å². The van der Waals surface area contributed by atoms with Crippen molar-refractivity contribution in [1.82, 2.24) is 0 Å². The SMILES string of the molecule is O=C(OCCOc1ccccc1OCCOC(=O)C1CCCCC1)C1CCCCC1. The first kappa shape index (κ1) is 22.4. The molecule has 0 aliphatic heterocycles. The van der Waals surface area contributed by atoms with E-state index in [1.54, 1.807) is 0 Å². The molecule has 6 nitrogen and oxygen atoms in total. The highest BCUT2D eigenvalue weighted by molar-refractivity contribution is 5.72. The standard InChI is InChI=1S/C24H34O6/c25-23(19-9-3-1-4-10-19)29-17-15-27-21-13-7-8-14-22(21)28-16-18-30-24(26)20-11-5-2-6-12-20/h7-8,13-14,19-20H,1-6,9-12,15-18H2. The van der Waals surface area contributed by atoms with E-state index in [-0.39, 0.29) is 50.2 Å². The molecule has 166 valence electrons. The molecule has 0 heterocycles. The molecule has 1 aromatic rings. The van der Waals surface area contributed by atoms with Gasteiger partial charge in [0, 0.05) is 0 Å². The zero-order chi connectivity index (χ0) is 21.0. The summed E-state index contributed by atoms with van der Waals surface area (Å²) in [6.45, 7) is 0.996. The van der Waals surface area contributed by atoms with Crippen molar-refractivity contribution in [3.8, 4) is 11.5 Å². The molecule has 6 heteroatoms. The lowest BCUT2D eigenvalue weighted by Gasteiger charge is -2.20. The molecule has 0 bridgehead atoms. The number of para-hydroxylation sites is 2. The highest BCUT2D eigenvalue weighted by Gasteiger charge is 2.23. The van der Waals surface area contributed by atoms with E-state index in [4.69, 9.17) is 18.9 Å². The lowest BCUT2D eigenvalue weighted by molar-refractivity contribution is -0.151. The van der Waals surface area contributed by atoms with Gasteiger partial charge in [-0.3, -0.25) is 9.59 Å². The van der Waals surface area contributed by atoms with Crippen LogP contribution in [0.2, 0.25) is 0 Å². The highest BCUT2D eigenvalue weighted by atomic mass is 16.6. The van der Waals surface area contributed by atoms with Crippen LogP contribution >= 0.6 is 0 Å². The van der Waals surface area contributed by atoms with Gasteiger partial charge in [-0.25, -0.2) is 0 Å². The quantitative estimate of drug-likeness (QED) is 0.405. The van der Waals surface area contributed by atoms with Gasteiger partial charge in [0.05, 0.1) is 11.8 Å². The van der Waals surface area contributed by atoms with E-state index in [1.165, 1.54) is 12.8 Å². The van der Waals surface area contributed by atoms with Crippen molar-refractivity contribution >= 4 is 11.9 Å². The molecule has 0 atom stereocenters. The molecule has 0 unspecified atom stereocenters. The normalized spacial score (nSPS) is 17.9. The molecule has 0 amide bonds. The third kappa shape index (κ3) is 7.22. The number of hydrogen-bond acceptors (Lipinski definition) is 6. The van der Waals surface area contributed by atoms with Crippen LogP contribution in [-0.4, -0.2) is 38.4 Å². The summed E-state index contributed by atoms with van der Waals surface area (Å²) in [5.41, 5.74) is 0. The van der Waals surface area contributed by atoms with E-state index in [1.807, 2.05) is 24.3 Å². The number of benzene rings is 1. The molecule has 0 saturated heterocycles. The molecular weight excluding hydrogens is 384 g/mol. The van der Waals surface area contributed by atoms with Gasteiger partial charge in [0.15, 0.2) is 11.5 Å². The number of esters is 2. The second-order valence-corrected chi connectivity index (χ2v) is 8.15. The lowest BCUT2D eigenvalue weighted by Crippen LogP contribution is -2.23. The molecule has 0 aromatic heterocycles. The van der Waals surface area contributed by atoms with Gasteiger partial charge >= 0.3 is 11.9 Å². The van der Waals surface area contributed by atoms with Crippen LogP contribution in [0.3, 0.4) is 0 Å². The Kier molecular flexibility index (Phi) is 9.32. The van der Waals surface area contributed by atoms with Crippen LogP contribution < -0.4 is 9.47 Å². The largest absolute Gasteiger partial charge is 0.486 e. The van der Waals surface area contributed by atoms with Crippen molar-refractivity contribution in [2.24, 2.45) is 11.8 Å². The van der Waals surface area contributed by atoms with Gasteiger partial charge in [0.2, 0.25) is 0 Å². The zero-order valence-electron chi connectivity index (χ0n) is 17.8. The van der Waals surface area contributed by atoms with Crippen LogP contribution in [0.15, 0.2) is 24.3 Å². The third-order valence-corrected chi connectivity index (χ3v) is 5.90. The summed E-state index contributed by atoms with van der Waals surface area (Å²) >= 11 is 0. The number of hydrogen-bond donors (Lipinski definition) is 0. The summed E-state index contributed by atoms with van der Waals surface area (Å²) in [7, 11) is 0. The maximum Gasteiger partial charge on any atom is 0.309 e. The molecule has 2 saturated carbocycles. The van der Waals surface area contributed by atoms with E-state index in [0.29, 0.717) is 11.5 Å². The van der Waals surface area contributed by atoms with Crippen LogP contribution in [0.25, 0.3) is 0 Å². The predicted molar refractivity (Wildman–Crippen MR) is 113 cm³/mol. The number of rotatable bonds is 10. The Morgan fingerprint density at radius 1 is 0.633 bits per heavy atom. The molecular formula is C24H34O6. The summed E-state index contributed by atoms with van der Waals surface area (Å²) in [5.74, 6) is 1.05. The van der Waals surface area contributed by atoms with E-state index >= 15 is 0 Å². The Balaban J connectivity index is 1.33. The van der Waals surface area contributed by atoms with E-state index in [9.17, 15) is 9.59 Å². The summed E-state index contributed by atoms with van der Waals surface area (Å²) in [6, 6.07) is 7.34. The number of carbonyl (C=O) groups is 2. The highest BCUT2D eigenvalue weighted by Crippen LogP contribution is 2.27. The summed E-state index contributed by atoms with van der Waals surface area (Å²) in [5, 5.41) is 0. The fraction of sp³-hybridized carbons (Fsp3) is 0.667. The lowest BCUT2D eigenvalue weighted by atomic mass is 9.89. The second kappa shape index (κ2) is 12.5. The summed E-state index contributed by atoms with van der Waals surface area (Å²) in [4.78, 5) is 24.2. The van der Waals surface area contributed by atoms with Crippen molar-refractivity contribution in [2.75, 3.05) is 26.4 Å². The van der Waals surface area contributed by atoms with Gasteiger partial charge in [-0.05, 0) is 37.8 Å². The van der Waals surface area contributed by atoms with Gasteiger partial charge in [0.25, 0.3) is 0 Å². The molecule has 0 N–H and O–H groups in total. The Hall–Kier alpha value is -2.24. The van der Waals surface area contributed by atoms with Gasteiger partial charge in [0.1, 0.15) is 26.4 Å². The third-order valence-electron chi connectivity index (χ3n) is 5.90. The first-order valence-electron chi connectivity index (χ1n) is 11.4. The van der Waals surface area contributed by atoms with Gasteiger partial charge in [-0.2, -0.15) is 0 Å². The Morgan fingerprint density at radius 3 is 1.43 bits per heavy atom. The first-order valence-corrected chi connectivity index (χ1v) is 11.4. The number of carbonyl (C=O) groups excluding carboxylic acids is 2. The van der Waals surface area contributed by atoms with Gasteiger partial charge in [-0.1, -0.05) is 50.7 Å². The Morgan fingerprint density at radius 2 is 1.03 bits per heavy atom. The molecule has 2 fully saturated rings. The van der Waals surface area contributed by atoms with Crippen LogP contribution in [-0.2, 0) is 19.1 Å². The van der Waals surface area contributed by atoms with Crippen LogP contribution in [0.1, 0.15) is 64.2 Å². The minimum absolute atomic E-state index is 0.0469. The average molecular weight is 419 g/mol. The van der Waals surface area contributed by atoms with Crippen LogP contribution in [0.5, 0.6) is 11.5 Å². The van der Waals surface area contributed by atoms with Crippen LogP contribution in [0, 0.1) is 11.8 Å². The second-order valence-electron chi connectivity index (χ2n) is 8.15. The van der Waals surface area contributed by atoms with Gasteiger partial charge in [-0.15, -0.1) is 0 Å². The van der Waals surface area contributed by atoms with Crippen molar-refractivity contribution < 1.29 is 28.5 Å². The summed E-state index contributed by atoms with van der Waals surface area (Å²) < 4.78 is 22.2. The van der Waals surface area contributed by atoms with Crippen molar-refractivity contribution in [1.29, 1.82) is 0 Å². The fourth-order valence-electron chi connectivity index (χ4n) is 4.19. The minimum Gasteiger partial charge on any atom is -0.486 e. The molecule has 30 heavy (non-hydrogen) atoms.